The predicted octanol–water partition coefficient (Wildman–Crippen LogP) is 2.52. The van der Waals surface area contributed by atoms with Crippen LogP contribution in [0.25, 0.3) is 0 Å². The number of unbranched alkanes of at least 4 members (excludes halogenated alkanes) is 1. The largest absolute Gasteiger partial charge is 0.397 e. The molecule has 1 aromatic rings. The van der Waals surface area contributed by atoms with E-state index in [4.69, 9.17) is 8.85 Å². The lowest BCUT2D eigenvalue weighted by molar-refractivity contribution is 0.117. The standard InChI is InChI=1S/C19H35N2O2Si2/c1-7-23-25(22-6)19(24-17-13-9-8-10-14-17)16-12-11-15-18(20(2)3)21(4)5/h8-10,13-14,18-19H,7,11-12,15-16H2,1-6H3. The van der Waals surface area contributed by atoms with Crippen LogP contribution in [0.5, 0.6) is 0 Å². The summed E-state index contributed by atoms with van der Waals surface area (Å²) < 4.78 is 11.7. The third-order valence-electron chi connectivity index (χ3n) is 4.28. The summed E-state index contributed by atoms with van der Waals surface area (Å²) in [6, 6.07) is 10.8. The maximum atomic E-state index is 5.95. The number of rotatable bonds is 13. The van der Waals surface area contributed by atoms with E-state index in [1.165, 1.54) is 30.9 Å². The highest BCUT2D eigenvalue weighted by Crippen LogP contribution is 2.21. The van der Waals surface area contributed by atoms with Crippen LogP contribution in [0.3, 0.4) is 0 Å². The molecule has 0 heterocycles. The summed E-state index contributed by atoms with van der Waals surface area (Å²) in [6.07, 6.45) is 5.36. The summed E-state index contributed by atoms with van der Waals surface area (Å²) in [5, 5.41) is 1.93. The summed E-state index contributed by atoms with van der Waals surface area (Å²) in [5.74, 6) is 0. The molecule has 3 radical (unpaired) electrons. The highest BCUT2D eigenvalue weighted by molar-refractivity contribution is 6.70. The van der Waals surface area contributed by atoms with Crippen molar-refractivity contribution in [1.82, 2.24) is 9.80 Å². The Balaban J connectivity index is 2.58. The van der Waals surface area contributed by atoms with Gasteiger partial charge in [0.2, 0.25) is 0 Å². The zero-order chi connectivity index (χ0) is 18.7. The molecule has 141 valence electrons. The van der Waals surface area contributed by atoms with Crippen molar-refractivity contribution in [3.63, 3.8) is 0 Å². The van der Waals surface area contributed by atoms with Gasteiger partial charge in [-0.05, 0) is 41.5 Å². The zero-order valence-electron chi connectivity index (χ0n) is 16.8. The van der Waals surface area contributed by atoms with Crippen molar-refractivity contribution in [2.24, 2.45) is 0 Å². The van der Waals surface area contributed by atoms with Gasteiger partial charge in [0.25, 0.3) is 0 Å². The molecule has 0 fully saturated rings. The van der Waals surface area contributed by atoms with Gasteiger partial charge in [-0.1, -0.05) is 54.8 Å². The van der Waals surface area contributed by atoms with Gasteiger partial charge in [0.1, 0.15) is 0 Å². The van der Waals surface area contributed by atoms with Gasteiger partial charge in [0, 0.05) is 18.9 Å². The second-order valence-corrected chi connectivity index (χ2v) is 10.9. The lowest BCUT2D eigenvalue weighted by atomic mass is 10.1. The first kappa shape index (κ1) is 22.5. The molecule has 0 aromatic heterocycles. The van der Waals surface area contributed by atoms with Crippen LogP contribution in [0, 0.1) is 0 Å². The first-order chi connectivity index (χ1) is 12.0. The van der Waals surface area contributed by atoms with E-state index in [1.54, 1.807) is 7.11 Å². The number of nitrogens with zero attached hydrogens (tertiary/aromatic N) is 2. The molecule has 6 heteroatoms. The number of benzene rings is 1. The van der Waals surface area contributed by atoms with Crippen molar-refractivity contribution in [3.8, 4) is 0 Å². The van der Waals surface area contributed by atoms with Crippen molar-refractivity contribution in [1.29, 1.82) is 0 Å². The Bertz CT molecular complexity index is 438. The average molecular weight is 380 g/mol. The quantitative estimate of drug-likeness (QED) is 0.299. The van der Waals surface area contributed by atoms with Crippen LogP contribution in [0.4, 0.5) is 0 Å². The van der Waals surface area contributed by atoms with Crippen LogP contribution < -0.4 is 5.19 Å². The fourth-order valence-electron chi connectivity index (χ4n) is 3.08. The van der Waals surface area contributed by atoms with E-state index in [0.29, 0.717) is 11.3 Å². The first-order valence-corrected chi connectivity index (χ1v) is 11.6. The van der Waals surface area contributed by atoms with Crippen molar-refractivity contribution in [2.75, 3.05) is 41.9 Å². The molecule has 0 aliphatic rings. The maximum absolute atomic E-state index is 5.95. The Kier molecular flexibility index (Phi) is 11.5. The molecule has 0 N–H and O–H groups in total. The SMILES string of the molecule is CCO[Si](OC)C(CCCCC(N(C)C)N(C)C)[Si]c1ccccc1. The summed E-state index contributed by atoms with van der Waals surface area (Å²) in [4.78, 5) is 4.60. The first-order valence-electron chi connectivity index (χ1n) is 9.17. The molecular weight excluding hydrogens is 344 g/mol. The Morgan fingerprint density at radius 3 is 2.12 bits per heavy atom. The van der Waals surface area contributed by atoms with E-state index < -0.39 is 9.28 Å². The van der Waals surface area contributed by atoms with Gasteiger partial charge < -0.3 is 8.85 Å². The fraction of sp³-hybridized carbons (Fsp3) is 0.684. The van der Waals surface area contributed by atoms with Gasteiger partial charge in [0.05, 0.1) is 15.7 Å². The molecule has 0 saturated heterocycles. The third kappa shape index (κ3) is 8.62. The maximum Gasteiger partial charge on any atom is 0.384 e. The molecule has 4 nitrogen and oxygen atoms in total. The van der Waals surface area contributed by atoms with Crippen LogP contribution in [0.2, 0.25) is 5.16 Å². The minimum Gasteiger partial charge on any atom is -0.397 e. The van der Waals surface area contributed by atoms with Gasteiger partial charge in [-0.15, -0.1) is 0 Å². The normalized spacial score (nSPS) is 13.4. The van der Waals surface area contributed by atoms with Crippen LogP contribution in [0.15, 0.2) is 30.3 Å². The molecule has 1 atom stereocenters. The molecular formula is C19H35N2O2Si2. The van der Waals surface area contributed by atoms with E-state index in [2.05, 4.69) is 75.2 Å². The summed E-state index contributed by atoms with van der Waals surface area (Å²) in [7, 11) is 9.99. The van der Waals surface area contributed by atoms with Gasteiger partial charge in [-0.25, -0.2) is 0 Å². The van der Waals surface area contributed by atoms with Gasteiger partial charge >= 0.3 is 9.28 Å². The molecule has 0 aliphatic carbocycles. The highest BCUT2D eigenvalue weighted by Gasteiger charge is 2.28. The summed E-state index contributed by atoms with van der Waals surface area (Å²) in [6.45, 7) is 2.80. The molecule has 0 spiro atoms. The summed E-state index contributed by atoms with van der Waals surface area (Å²) in [5.41, 5.74) is 0. The van der Waals surface area contributed by atoms with Gasteiger partial charge in [0.15, 0.2) is 0 Å². The second kappa shape index (κ2) is 12.8. The molecule has 0 saturated carbocycles. The van der Waals surface area contributed by atoms with Crippen molar-refractivity contribution in [2.45, 2.75) is 43.9 Å². The van der Waals surface area contributed by atoms with Gasteiger partial charge in [-0.2, -0.15) is 0 Å². The molecule has 25 heavy (non-hydrogen) atoms. The molecule has 1 rings (SSSR count). The lowest BCUT2D eigenvalue weighted by Gasteiger charge is -2.30. The van der Waals surface area contributed by atoms with Crippen LogP contribution in [0.1, 0.15) is 32.6 Å². The van der Waals surface area contributed by atoms with E-state index in [-0.39, 0.29) is 0 Å². The second-order valence-electron chi connectivity index (χ2n) is 6.71. The van der Waals surface area contributed by atoms with Crippen LogP contribution in [-0.4, -0.2) is 76.7 Å². The highest BCUT2D eigenvalue weighted by atomic mass is 28.3. The predicted molar refractivity (Wildman–Crippen MR) is 110 cm³/mol. The van der Waals surface area contributed by atoms with Crippen molar-refractivity contribution < 1.29 is 8.85 Å². The molecule has 0 amide bonds. The van der Waals surface area contributed by atoms with Crippen LogP contribution >= 0.6 is 0 Å². The summed E-state index contributed by atoms with van der Waals surface area (Å²) >= 11 is 0. The fourth-order valence-corrected chi connectivity index (χ4v) is 7.12. The van der Waals surface area contributed by atoms with Gasteiger partial charge in [-0.3, -0.25) is 9.80 Å². The molecule has 0 aliphatic heterocycles. The minimum absolute atomic E-state index is 0.508. The third-order valence-corrected chi connectivity index (χ3v) is 8.56. The topological polar surface area (TPSA) is 24.9 Å². The Hall–Kier alpha value is -0.506. The monoisotopic (exact) mass is 379 g/mol. The lowest BCUT2D eigenvalue weighted by Crippen LogP contribution is -2.40. The average Bonchev–Trinajstić information content (AvgIpc) is 2.58. The van der Waals surface area contributed by atoms with E-state index >= 15 is 0 Å². The Morgan fingerprint density at radius 1 is 1.00 bits per heavy atom. The Morgan fingerprint density at radius 2 is 1.60 bits per heavy atom. The van der Waals surface area contributed by atoms with E-state index in [1.807, 2.05) is 0 Å². The molecule has 1 aromatic carbocycles. The zero-order valence-corrected chi connectivity index (χ0v) is 18.8. The van der Waals surface area contributed by atoms with Crippen molar-refractivity contribution in [3.05, 3.63) is 30.3 Å². The number of hydrogen-bond acceptors (Lipinski definition) is 4. The Labute approximate surface area is 159 Å². The minimum atomic E-state index is -1.21. The van der Waals surface area contributed by atoms with E-state index in [0.717, 1.165) is 16.1 Å². The molecule has 0 bridgehead atoms. The number of hydrogen-bond donors (Lipinski definition) is 0. The van der Waals surface area contributed by atoms with Crippen molar-refractivity contribution >= 4 is 24.0 Å². The smallest absolute Gasteiger partial charge is 0.384 e. The molecule has 1 unspecified atom stereocenters. The van der Waals surface area contributed by atoms with Crippen LogP contribution in [-0.2, 0) is 8.85 Å². The van der Waals surface area contributed by atoms with E-state index in [9.17, 15) is 0 Å².